The van der Waals surface area contributed by atoms with E-state index in [1.807, 2.05) is 6.20 Å². The molecule has 14 heavy (non-hydrogen) atoms. The Morgan fingerprint density at radius 3 is 2.93 bits per heavy atom. The van der Waals surface area contributed by atoms with E-state index in [1.54, 1.807) is 22.9 Å². The molecule has 0 aromatic carbocycles. The third-order valence-electron chi connectivity index (χ3n) is 2.48. The Labute approximate surface area is 101 Å². The highest BCUT2D eigenvalue weighted by molar-refractivity contribution is 7.86. The summed E-state index contributed by atoms with van der Waals surface area (Å²) in [4.78, 5) is 1.30. The van der Waals surface area contributed by atoms with E-state index < -0.39 is 0 Å². The summed E-state index contributed by atoms with van der Waals surface area (Å²) in [5.74, 6) is 0. The number of hydrogen-bond donors (Lipinski definition) is 2. The molecule has 5 heteroatoms. The Bertz CT molecular complexity index is 497. The minimum Gasteiger partial charge on any atom is -0.200 e. The van der Waals surface area contributed by atoms with Gasteiger partial charge in [0.15, 0.2) is 0 Å². The molecule has 2 heterocycles. The molecule has 0 saturated carbocycles. The van der Waals surface area contributed by atoms with Crippen LogP contribution in [0.1, 0.15) is 11.1 Å². The smallest absolute Gasteiger partial charge is 0.0670 e. The monoisotopic (exact) mass is 257 g/mol. The Hall–Kier alpha value is 0.0300. The van der Waals surface area contributed by atoms with Crippen LogP contribution in [0.4, 0.5) is 0 Å². The van der Waals surface area contributed by atoms with E-state index in [0.29, 0.717) is 0 Å². The quantitative estimate of drug-likeness (QED) is 0.688. The van der Waals surface area contributed by atoms with Crippen molar-refractivity contribution in [1.82, 2.24) is 4.37 Å². The number of aryl methyl sites for hydroxylation is 1. The molecular weight excluding hydrogens is 250 g/mol. The molecule has 2 aromatic rings. The Morgan fingerprint density at radius 1 is 1.21 bits per heavy atom. The predicted molar refractivity (Wildman–Crippen MR) is 67.3 cm³/mol. The van der Waals surface area contributed by atoms with Gasteiger partial charge in [0.25, 0.3) is 0 Å². The third kappa shape index (κ3) is 1.19. The van der Waals surface area contributed by atoms with Crippen LogP contribution in [0.25, 0.3) is 10.4 Å². The second-order valence-electron chi connectivity index (χ2n) is 3.25. The van der Waals surface area contributed by atoms with Crippen molar-refractivity contribution in [2.75, 3.05) is 0 Å². The summed E-state index contributed by atoms with van der Waals surface area (Å²) in [6, 6.07) is 0. The molecule has 0 fully saturated rings. The molecule has 3 rings (SSSR count). The third-order valence-corrected chi connectivity index (χ3v) is 5.22. The first-order chi connectivity index (χ1) is 6.77. The first-order valence-electron chi connectivity index (χ1n) is 4.25. The van der Waals surface area contributed by atoms with Crippen LogP contribution in [0.3, 0.4) is 0 Å². The zero-order chi connectivity index (χ0) is 9.71. The van der Waals surface area contributed by atoms with Crippen molar-refractivity contribution >= 4 is 48.1 Å². The summed E-state index contributed by atoms with van der Waals surface area (Å²) < 4.78 is 6.43. The van der Waals surface area contributed by atoms with Crippen molar-refractivity contribution < 1.29 is 0 Å². The van der Waals surface area contributed by atoms with E-state index in [-0.39, 0.29) is 0 Å². The van der Waals surface area contributed by atoms with Gasteiger partial charge in [-0.2, -0.15) is 0 Å². The summed E-state index contributed by atoms with van der Waals surface area (Å²) >= 11 is 12.2. The van der Waals surface area contributed by atoms with E-state index in [0.717, 1.165) is 21.3 Å². The number of nitrogens with zero attached hydrogens (tertiary/aromatic N) is 1. The molecule has 0 unspecified atom stereocenters. The Morgan fingerprint density at radius 2 is 2.07 bits per heavy atom. The highest BCUT2D eigenvalue weighted by Crippen LogP contribution is 2.46. The van der Waals surface area contributed by atoms with Crippen LogP contribution >= 0.6 is 48.1 Å². The second-order valence-corrected chi connectivity index (χ2v) is 6.57. The van der Waals surface area contributed by atoms with Crippen LogP contribution in [-0.4, -0.2) is 4.37 Å². The molecule has 1 aliphatic rings. The maximum Gasteiger partial charge on any atom is 0.0670 e. The zero-order valence-corrected chi connectivity index (χ0v) is 10.6. The molecule has 0 atom stereocenters. The summed E-state index contributed by atoms with van der Waals surface area (Å²) in [5.41, 5.74) is 4.01. The normalized spacial score (nSPS) is 13.9. The molecule has 0 amide bonds. The molecule has 0 N–H and O–H groups in total. The fourth-order valence-electron chi connectivity index (χ4n) is 1.81. The minimum atomic E-state index is 1.08. The molecule has 0 spiro atoms. The van der Waals surface area contributed by atoms with E-state index in [9.17, 15) is 0 Å². The van der Waals surface area contributed by atoms with Crippen LogP contribution in [-0.2, 0) is 12.8 Å². The highest BCUT2D eigenvalue weighted by Gasteiger charge is 2.24. The minimum absolute atomic E-state index is 1.08. The average molecular weight is 257 g/mol. The molecule has 1 aliphatic carbocycles. The lowest BCUT2D eigenvalue weighted by atomic mass is 9.96. The van der Waals surface area contributed by atoms with Crippen LogP contribution in [0.15, 0.2) is 14.6 Å². The predicted octanol–water partition coefficient (Wildman–Crippen LogP) is 3.55. The van der Waals surface area contributed by atoms with Gasteiger partial charge >= 0.3 is 0 Å². The van der Waals surface area contributed by atoms with Crippen molar-refractivity contribution in [2.24, 2.45) is 0 Å². The molecule has 0 saturated heterocycles. The number of thiophene rings is 1. The van der Waals surface area contributed by atoms with Gasteiger partial charge in [0.1, 0.15) is 0 Å². The number of hydrogen-bond acceptors (Lipinski definition) is 5. The van der Waals surface area contributed by atoms with Crippen LogP contribution in [0.5, 0.6) is 0 Å². The number of aromatic nitrogens is 1. The van der Waals surface area contributed by atoms with Crippen LogP contribution in [0.2, 0.25) is 0 Å². The molecule has 2 aromatic heterocycles. The van der Waals surface area contributed by atoms with Gasteiger partial charge in [-0.25, -0.2) is 4.37 Å². The van der Waals surface area contributed by atoms with Crippen molar-refractivity contribution in [3.05, 3.63) is 17.3 Å². The first kappa shape index (κ1) is 9.27. The van der Waals surface area contributed by atoms with E-state index in [4.69, 9.17) is 0 Å². The standard InChI is InChI=1S/C9H7NS4/c11-8-5-2-1-4-3-10-14-7(4)6(5)9(12)13-8/h3,11-12H,1-2H2. The zero-order valence-electron chi connectivity index (χ0n) is 7.15. The SMILES string of the molecule is Sc1sc(S)c2c1CCc1cnsc1-2. The topological polar surface area (TPSA) is 12.9 Å². The lowest BCUT2D eigenvalue weighted by Crippen LogP contribution is -1.99. The van der Waals surface area contributed by atoms with Crippen molar-refractivity contribution in [3.63, 3.8) is 0 Å². The van der Waals surface area contributed by atoms with Gasteiger partial charge in [-0.05, 0) is 35.5 Å². The number of fused-ring (bicyclic) bond motifs is 3. The first-order valence-corrected chi connectivity index (χ1v) is 6.73. The lowest BCUT2D eigenvalue weighted by molar-refractivity contribution is 0.934. The van der Waals surface area contributed by atoms with Crippen molar-refractivity contribution in [3.8, 4) is 10.4 Å². The molecule has 0 radical (unpaired) electrons. The van der Waals surface area contributed by atoms with Gasteiger partial charge in [-0.3, -0.25) is 0 Å². The number of rotatable bonds is 0. The molecule has 0 bridgehead atoms. The van der Waals surface area contributed by atoms with E-state index in [2.05, 4.69) is 29.6 Å². The molecule has 0 aliphatic heterocycles. The van der Waals surface area contributed by atoms with Crippen molar-refractivity contribution in [2.45, 2.75) is 21.3 Å². The van der Waals surface area contributed by atoms with Gasteiger partial charge in [-0.15, -0.1) is 36.6 Å². The van der Waals surface area contributed by atoms with Crippen LogP contribution < -0.4 is 0 Å². The number of thiol groups is 2. The Balaban J connectivity index is 2.35. The van der Waals surface area contributed by atoms with Gasteiger partial charge < -0.3 is 0 Å². The summed E-state index contributed by atoms with van der Waals surface area (Å²) in [5, 5.41) is 0. The fourth-order valence-corrected chi connectivity index (χ4v) is 4.90. The van der Waals surface area contributed by atoms with Crippen LogP contribution in [0, 0.1) is 0 Å². The summed E-state index contributed by atoms with van der Waals surface area (Å²) in [6.07, 6.45) is 4.15. The second kappa shape index (κ2) is 3.27. The molecule has 72 valence electrons. The van der Waals surface area contributed by atoms with Crippen molar-refractivity contribution in [1.29, 1.82) is 0 Å². The summed E-state index contributed by atoms with van der Waals surface area (Å²) in [6.45, 7) is 0. The maximum absolute atomic E-state index is 4.50. The van der Waals surface area contributed by atoms with Gasteiger partial charge in [0.2, 0.25) is 0 Å². The van der Waals surface area contributed by atoms with Gasteiger partial charge in [0, 0.05) is 11.8 Å². The highest BCUT2D eigenvalue weighted by atomic mass is 32.2. The average Bonchev–Trinajstić information content (AvgIpc) is 2.71. The lowest BCUT2D eigenvalue weighted by Gasteiger charge is -2.12. The van der Waals surface area contributed by atoms with E-state index >= 15 is 0 Å². The summed E-state index contributed by atoms with van der Waals surface area (Å²) in [7, 11) is 0. The fraction of sp³-hybridized carbons (Fsp3) is 0.222. The largest absolute Gasteiger partial charge is 0.200 e. The molecule has 1 nitrogen and oxygen atoms in total. The van der Waals surface area contributed by atoms with Gasteiger partial charge in [-0.1, -0.05) is 0 Å². The molecular formula is C9H7NS4. The Kier molecular flexibility index (Phi) is 2.16. The maximum atomic E-state index is 4.50. The van der Waals surface area contributed by atoms with Gasteiger partial charge in [0.05, 0.1) is 13.3 Å². The van der Waals surface area contributed by atoms with E-state index in [1.165, 1.54) is 21.6 Å².